The lowest BCUT2D eigenvalue weighted by molar-refractivity contribution is -0.115. The van der Waals surface area contributed by atoms with E-state index in [4.69, 9.17) is 10.6 Å². The highest BCUT2D eigenvalue weighted by Gasteiger charge is 2.21. The van der Waals surface area contributed by atoms with E-state index in [1.807, 2.05) is 56.3 Å². The van der Waals surface area contributed by atoms with Gasteiger partial charge in [-0.2, -0.15) is 0 Å². The molecule has 30 heavy (non-hydrogen) atoms. The van der Waals surface area contributed by atoms with Crippen LogP contribution in [0.5, 0.6) is 5.75 Å². The van der Waals surface area contributed by atoms with Gasteiger partial charge in [0.2, 0.25) is 11.1 Å². The fourth-order valence-corrected chi connectivity index (χ4v) is 3.84. The highest BCUT2D eigenvalue weighted by molar-refractivity contribution is 8.00. The first-order chi connectivity index (χ1) is 14.3. The summed E-state index contributed by atoms with van der Waals surface area (Å²) in [5, 5.41) is 11.5. The molecule has 7 nitrogen and oxygen atoms in total. The molecule has 0 bridgehead atoms. The van der Waals surface area contributed by atoms with E-state index in [9.17, 15) is 4.79 Å². The molecule has 1 heterocycles. The SMILES string of the molecule is COc1ccc(-c2nnc(S[C@H](C)C(=O)Nc3c(C)cccc3C(C)C)n2N)cc1. The standard InChI is InChI=1S/C22H27N5O2S/c1-13(2)18-8-6-7-14(3)19(18)24-21(28)15(4)30-22-26-25-20(27(22)23)16-9-11-17(29-5)12-10-16/h6-13,15H,23H2,1-5H3,(H,24,28)/t15-/m1/s1. The monoisotopic (exact) mass is 425 g/mol. The van der Waals surface area contributed by atoms with Crippen molar-refractivity contribution in [3.05, 3.63) is 53.6 Å². The van der Waals surface area contributed by atoms with Crippen LogP contribution in [0, 0.1) is 6.92 Å². The average molecular weight is 426 g/mol. The second kappa shape index (κ2) is 9.21. The first-order valence-corrected chi connectivity index (χ1v) is 10.6. The van der Waals surface area contributed by atoms with Crippen molar-refractivity contribution in [3.8, 4) is 17.1 Å². The van der Waals surface area contributed by atoms with Crippen LogP contribution in [0.4, 0.5) is 5.69 Å². The molecular formula is C22H27N5O2S. The number of carbonyl (C=O) groups is 1. The predicted octanol–water partition coefficient (Wildman–Crippen LogP) is 4.22. The van der Waals surface area contributed by atoms with Crippen LogP contribution in [0.25, 0.3) is 11.4 Å². The minimum Gasteiger partial charge on any atom is -0.497 e. The number of para-hydroxylation sites is 1. The van der Waals surface area contributed by atoms with E-state index in [2.05, 4.69) is 29.4 Å². The molecule has 0 saturated carbocycles. The maximum Gasteiger partial charge on any atom is 0.237 e. The number of rotatable bonds is 7. The van der Waals surface area contributed by atoms with Gasteiger partial charge in [-0.05, 0) is 55.2 Å². The number of thioether (sulfide) groups is 1. The number of amides is 1. The molecule has 0 aliphatic rings. The Labute approximate surface area is 181 Å². The summed E-state index contributed by atoms with van der Waals surface area (Å²) in [6.07, 6.45) is 0. The Balaban J connectivity index is 1.74. The molecule has 1 amide bonds. The number of hydrogen-bond donors (Lipinski definition) is 2. The fourth-order valence-electron chi connectivity index (χ4n) is 3.07. The van der Waals surface area contributed by atoms with Gasteiger partial charge in [0.05, 0.1) is 12.4 Å². The first-order valence-electron chi connectivity index (χ1n) is 9.73. The maximum absolute atomic E-state index is 12.9. The van der Waals surface area contributed by atoms with E-state index in [0.717, 1.165) is 28.1 Å². The third-order valence-corrected chi connectivity index (χ3v) is 5.90. The van der Waals surface area contributed by atoms with Crippen LogP contribution in [-0.4, -0.2) is 33.1 Å². The third kappa shape index (κ3) is 4.59. The zero-order valence-electron chi connectivity index (χ0n) is 17.8. The van der Waals surface area contributed by atoms with E-state index in [-0.39, 0.29) is 5.91 Å². The van der Waals surface area contributed by atoms with Gasteiger partial charge in [-0.3, -0.25) is 4.79 Å². The molecule has 0 fully saturated rings. The lowest BCUT2D eigenvalue weighted by Gasteiger charge is -2.18. The average Bonchev–Trinajstić information content (AvgIpc) is 3.09. The fraction of sp³-hybridized carbons (Fsp3) is 0.318. The van der Waals surface area contributed by atoms with Crippen LogP contribution in [-0.2, 0) is 4.79 Å². The molecule has 0 radical (unpaired) electrons. The zero-order valence-corrected chi connectivity index (χ0v) is 18.7. The van der Waals surface area contributed by atoms with Gasteiger partial charge < -0.3 is 15.9 Å². The number of aromatic nitrogens is 3. The molecule has 1 aromatic heterocycles. The zero-order chi connectivity index (χ0) is 21.8. The Morgan fingerprint density at radius 1 is 1.13 bits per heavy atom. The molecule has 0 spiro atoms. The quantitative estimate of drug-likeness (QED) is 0.435. The van der Waals surface area contributed by atoms with Crippen LogP contribution >= 0.6 is 11.8 Å². The normalized spacial score (nSPS) is 12.1. The number of anilines is 1. The van der Waals surface area contributed by atoms with Crippen molar-refractivity contribution < 1.29 is 9.53 Å². The summed E-state index contributed by atoms with van der Waals surface area (Å²) in [5.41, 5.74) is 3.84. The molecule has 8 heteroatoms. The van der Waals surface area contributed by atoms with Gasteiger partial charge in [-0.1, -0.05) is 43.8 Å². The van der Waals surface area contributed by atoms with Gasteiger partial charge in [0.15, 0.2) is 5.82 Å². The van der Waals surface area contributed by atoms with E-state index in [1.165, 1.54) is 16.4 Å². The van der Waals surface area contributed by atoms with Crippen molar-refractivity contribution >= 4 is 23.4 Å². The minimum absolute atomic E-state index is 0.106. The number of nitrogens with one attached hydrogen (secondary N) is 1. The molecule has 0 unspecified atom stereocenters. The molecule has 0 aliphatic carbocycles. The highest BCUT2D eigenvalue weighted by Crippen LogP contribution is 2.30. The summed E-state index contributed by atoms with van der Waals surface area (Å²) < 4.78 is 6.58. The molecule has 3 rings (SSSR count). The minimum atomic E-state index is -0.403. The summed E-state index contributed by atoms with van der Waals surface area (Å²) >= 11 is 1.27. The Morgan fingerprint density at radius 2 is 1.83 bits per heavy atom. The lowest BCUT2D eigenvalue weighted by Crippen LogP contribution is -2.25. The van der Waals surface area contributed by atoms with E-state index < -0.39 is 5.25 Å². The van der Waals surface area contributed by atoms with Crippen LogP contribution in [0.2, 0.25) is 0 Å². The van der Waals surface area contributed by atoms with Gasteiger partial charge in [-0.15, -0.1) is 10.2 Å². The van der Waals surface area contributed by atoms with Gasteiger partial charge >= 0.3 is 0 Å². The number of nitrogens with zero attached hydrogens (tertiary/aromatic N) is 3. The Kier molecular flexibility index (Phi) is 6.66. The molecule has 3 N–H and O–H groups in total. The second-order valence-electron chi connectivity index (χ2n) is 7.35. The van der Waals surface area contributed by atoms with Crippen molar-refractivity contribution in [3.63, 3.8) is 0 Å². The molecule has 3 aromatic rings. The van der Waals surface area contributed by atoms with Crippen molar-refractivity contribution in [1.82, 2.24) is 14.9 Å². The summed E-state index contributed by atoms with van der Waals surface area (Å²) in [7, 11) is 1.61. The number of nitrogens with two attached hydrogens (primary N) is 1. The number of methoxy groups -OCH3 is 1. The van der Waals surface area contributed by atoms with Gasteiger partial charge in [-0.25, -0.2) is 4.68 Å². The number of benzene rings is 2. The van der Waals surface area contributed by atoms with E-state index in [0.29, 0.717) is 16.9 Å². The second-order valence-corrected chi connectivity index (χ2v) is 8.66. The van der Waals surface area contributed by atoms with Gasteiger partial charge in [0, 0.05) is 11.3 Å². The number of nitrogen functional groups attached to an aromatic ring is 1. The number of hydrogen-bond acceptors (Lipinski definition) is 6. The smallest absolute Gasteiger partial charge is 0.237 e. The molecule has 2 aromatic carbocycles. The molecular weight excluding hydrogens is 398 g/mol. The maximum atomic E-state index is 12.9. The lowest BCUT2D eigenvalue weighted by atomic mass is 9.98. The molecule has 0 aliphatic heterocycles. The van der Waals surface area contributed by atoms with Gasteiger partial charge in [0.1, 0.15) is 5.75 Å². The summed E-state index contributed by atoms with van der Waals surface area (Å²) in [4.78, 5) is 12.9. The van der Waals surface area contributed by atoms with Crippen molar-refractivity contribution in [2.75, 3.05) is 18.3 Å². The van der Waals surface area contributed by atoms with E-state index in [1.54, 1.807) is 7.11 Å². The Hall–Kier alpha value is -3.00. The van der Waals surface area contributed by atoms with Crippen molar-refractivity contribution in [2.45, 2.75) is 44.0 Å². The Bertz CT molecular complexity index is 1030. The van der Waals surface area contributed by atoms with E-state index >= 15 is 0 Å². The van der Waals surface area contributed by atoms with Gasteiger partial charge in [0.25, 0.3) is 0 Å². The number of aryl methyl sites for hydroxylation is 1. The third-order valence-electron chi connectivity index (χ3n) is 4.84. The van der Waals surface area contributed by atoms with Crippen molar-refractivity contribution in [2.24, 2.45) is 0 Å². The molecule has 0 saturated heterocycles. The summed E-state index contributed by atoms with van der Waals surface area (Å²) in [6, 6.07) is 13.4. The summed E-state index contributed by atoms with van der Waals surface area (Å²) in [5.74, 6) is 7.67. The van der Waals surface area contributed by atoms with Crippen LogP contribution in [0.1, 0.15) is 37.8 Å². The first kappa shape index (κ1) is 21.7. The predicted molar refractivity (Wildman–Crippen MR) is 121 cm³/mol. The number of ether oxygens (including phenoxy) is 1. The van der Waals surface area contributed by atoms with Crippen LogP contribution < -0.4 is 15.9 Å². The highest BCUT2D eigenvalue weighted by atomic mass is 32.2. The Morgan fingerprint density at radius 3 is 2.47 bits per heavy atom. The van der Waals surface area contributed by atoms with Crippen LogP contribution in [0.15, 0.2) is 47.6 Å². The summed E-state index contributed by atoms with van der Waals surface area (Å²) in [6.45, 7) is 8.05. The van der Waals surface area contributed by atoms with Crippen LogP contribution in [0.3, 0.4) is 0 Å². The largest absolute Gasteiger partial charge is 0.497 e. The topological polar surface area (TPSA) is 95.1 Å². The molecule has 158 valence electrons. The molecule has 1 atom stereocenters. The van der Waals surface area contributed by atoms with Crippen molar-refractivity contribution in [1.29, 1.82) is 0 Å². The number of carbonyl (C=O) groups excluding carboxylic acids is 1.